The molecule has 16 heteroatoms. The molecule has 0 aromatic carbocycles. The molecule has 2 aromatic rings. The minimum absolute atomic E-state index is 0.00853. The van der Waals surface area contributed by atoms with Crippen molar-refractivity contribution < 1.29 is 37.5 Å². The Labute approximate surface area is 217 Å². The highest BCUT2D eigenvalue weighted by atomic mass is 35.5. The van der Waals surface area contributed by atoms with Gasteiger partial charge in [-0.15, -0.1) is 11.6 Å². The number of carbonyl (C=O) groups excluding carboxylic acids is 1. The zero-order valence-corrected chi connectivity index (χ0v) is 23.1. The third-order valence-corrected chi connectivity index (χ3v) is 8.53. The van der Waals surface area contributed by atoms with Crippen molar-refractivity contribution in [2.75, 3.05) is 45.0 Å². The zero-order valence-electron chi connectivity index (χ0n) is 20.7. The summed E-state index contributed by atoms with van der Waals surface area (Å²) in [4.78, 5) is 23.5. The predicted molar refractivity (Wildman–Crippen MR) is 134 cm³/mol. The monoisotopic (exact) mass is 567 g/mol. The number of rotatable bonds is 12. The van der Waals surface area contributed by atoms with E-state index in [0.717, 1.165) is 11.8 Å². The van der Waals surface area contributed by atoms with Crippen molar-refractivity contribution >= 4 is 53.4 Å². The van der Waals surface area contributed by atoms with Crippen LogP contribution in [0.15, 0.2) is 6.33 Å². The van der Waals surface area contributed by atoms with Gasteiger partial charge in [0.25, 0.3) is 0 Å². The van der Waals surface area contributed by atoms with E-state index in [4.69, 9.17) is 40.4 Å². The van der Waals surface area contributed by atoms with Gasteiger partial charge in [-0.3, -0.25) is 22.9 Å². The number of nitrogen functional groups attached to an aromatic ring is 1. The largest absolute Gasteiger partial charge is 0.476 e. The van der Waals surface area contributed by atoms with Gasteiger partial charge >= 0.3 is 7.82 Å². The summed E-state index contributed by atoms with van der Waals surface area (Å²) in [6.07, 6.45) is -0.249. The number of carbonyl (C=O) groups is 1. The van der Waals surface area contributed by atoms with Crippen LogP contribution in [0.4, 0.5) is 5.95 Å². The van der Waals surface area contributed by atoms with E-state index >= 15 is 0 Å². The van der Waals surface area contributed by atoms with Crippen LogP contribution in [0.3, 0.4) is 0 Å². The van der Waals surface area contributed by atoms with E-state index in [0.29, 0.717) is 17.8 Å². The number of halogens is 1. The number of phosphoric acid groups is 1. The Kier molecular flexibility index (Phi) is 9.27. The fourth-order valence-corrected chi connectivity index (χ4v) is 5.72. The molecule has 0 saturated carbocycles. The van der Waals surface area contributed by atoms with E-state index in [1.807, 2.05) is 6.92 Å². The first kappa shape index (κ1) is 29.1. The van der Waals surface area contributed by atoms with Crippen LogP contribution in [0.25, 0.3) is 11.2 Å². The second kappa shape index (κ2) is 11.5. The SMILES string of the molecule is CCOc1nc(N)nc2c1ncn2[C@@H]1OC[C@@H](O[P@@](=O)(OC)OCCSC(=O)C(C)(C)CO)[C@@]1(C)Cl. The smallest absolute Gasteiger partial charge is 0.474 e. The highest BCUT2D eigenvalue weighted by molar-refractivity contribution is 8.13. The van der Waals surface area contributed by atoms with Crippen molar-refractivity contribution in [2.45, 2.75) is 44.9 Å². The number of imidazole rings is 1. The van der Waals surface area contributed by atoms with Gasteiger partial charge in [0.05, 0.1) is 38.2 Å². The highest BCUT2D eigenvalue weighted by Crippen LogP contribution is 2.55. The van der Waals surface area contributed by atoms with E-state index in [2.05, 4.69) is 15.0 Å². The molecule has 13 nitrogen and oxygen atoms in total. The molecular weight excluding hydrogens is 537 g/mol. The lowest BCUT2D eigenvalue weighted by Crippen LogP contribution is -2.38. The quantitative estimate of drug-likeness (QED) is 0.218. The van der Waals surface area contributed by atoms with Gasteiger partial charge in [-0.2, -0.15) is 9.97 Å². The Morgan fingerprint density at radius 2 is 2.19 bits per heavy atom. The summed E-state index contributed by atoms with van der Waals surface area (Å²) >= 11 is 7.81. The number of aromatic nitrogens is 4. The number of nitrogens with zero attached hydrogens (tertiary/aromatic N) is 4. The van der Waals surface area contributed by atoms with Crippen molar-refractivity contribution in [3.8, 4) is 5.88 Å². The Hall–Kier alpha value is -1.51. The van der Waals surface area contributed by atoms with Crippen molar-refractivity contribution in [3.05, 3.63) is 6.33 Å². The third-order valence-electron chi connectivity index (χ3n) is 5.45. The number of thioether (sulfide) groups is 1. The molecule has 202 valence electrons. The van der Waals surface area contributed by atoms with Gasteiger partial charge in [0.15, 0.2) is 22.5 Å². The van der Waals surface area contributed by atoms with Gasteiger partial charge < -0.3 is 20.3 Å². The highest BCUT2D eigenvalue weighted by Gasteiger charge is 2.52. The maximum absolute atomic E-state index is 13.1. The van der Waals surface area contributed by atoms with Crippen molar-refractivity contribution in [3.63, 3.8) is 0 Å². The van der Waals surface area contributed by atoms with Crippen LogP contribution in [-0.2, 0) is 27.7 Å². The number of alkyl halides is 1. The number of nitrogens with two attached hydrogens (primary N) is 1. The van der Waals surface area contributed by atoms with Gasteiger partial charge in [-0.1, -0.05) is 11.8 Å². The van der Waals surface area contributed by atoms with E-state index in [9.17, 15) is 14.5 Å². The molecule has 0 bridgehead atoms. The van der Waals surface area contributed by atoms with Crippen LogP contribution in [0.1, 0.15) is 33.9 Å². The molecule has 36 heavy (non-hydrogen) atoms. The lowest BCUT2D eigenvalue weighted by atomic mass is 9.97. The van der Waals surface area contributed by atoms with Crippen LogP contribution in [0, 0.1) is 5.41 Å². The lowest BCUT2D eigenvalue weighted by Gasteiger charge is -2.30. The maximum atomic E-state index is 13.1. The molecule has 0 unspecified atom stereocenters. The fraction of sp³-hybridized carbons (Fsp3) is 0.700. The number of fused-ring (bicyclic) bond motifs is 1. The van der Waals surface area contributed by atoms with Gasteiger partial charge in [0.1, 0.15) is 11.0 Å². The standard InChI is InChI=1S/C20H31ClN5O8PS/c1-6-31-15-13-14(24-18(22)25-15)26(11-23-13)16-20(4,21)12(9-32-16)34-35(29,30-5)33-7-8-36-17(28)19(2,3)10-27/h11-12,16,27H,6-10H2,1-5H3,(H2,22,24,25)/t12-,16-,20-,35+/m1/s1. The molecule has 2 aromatic heterocycles. The molecule has 3 N–H and O–H groups in total. The van der Waals surface area contributed by atoms with Gasteiger partial charge in [-0.25, -0.2) is 9.55 Å². The first-order valence-electron chi connectivity index (χ1n) is 11.1. The van der Waals surface area contributed by atoms with Gasteiger partial charge in [-0.05, 0) is 27.7 Å². The number of hydrogen-bond donors (Lipinski definition) is 2. The lowest BCUT2D eigenvalue weighted by molar-refractivity contribution is -0.119. The number of phosphoric ester groups is 1. The topological polar surface area (TPSA) is 170 Å². The van der Waals surface area contributed by atoms with Crippen LogP contribution in [0.5, 0.6) is 5.88 Å². The summed E-state index contributed by atoms with van der Waals surface area (Å²) in [5.74, 6) is 0.410. The summed E-state index contributed by atoms with van der Waals surface area (Å²) in [5, 5.41) is 9.08. The minimum Gasteiger partial charge on any atom is -0.476 e. The molecule has 1 aliphatic rings. The molecule has 4 atom stereocenters. The average molecular weight is 568 g/mol. The number of ether oxygens (including phenoxy) is 2. The molecule has 3 heterocycles. The van der Waals surface area contributed by atoms with Crippen LogP contribution in [-0.4, -0.2) is 80.0 Å². The Morgan fingerprint density at radius 3 is 2.83 bits per heavy atom. The molecule has 1 saturated heterocycles. The molecular formula is C20H31ClN5O8PS. The van der Waals surface area contributed by atoms with E-state index in [1.165, 1.54) is 13.4 Å². The summed E-state index contributed by atoms with van der Waals surface area (Å²) in [6, 6.07) is 0. The molecule has 0 amide bonds. The van der Waals surface area contributed by atoms with Crippen molar-refractivity contribution in [2.24, 2.45) is 5.41 Å². The van der Waals surface area contributed by atoms with Crippen LogP contribution < -0.4 is 10.5 Å². The molecule has 1 fully saturated rings. The Bertz CT molecular complexity index is 1130. The molecule has 3 rings (SSSR count). The predicted octanol–water partition coefficient (Wildman–Crippen LogP) is 2.77. The summed E-state index contributed by atoms with van der Waals surface area (Å²) in [5.41, 5.74) is 5.68. The van der Waals surface area contributed by atoms with Crippen LogP contribution >= 0.6 is 31.2 Å². The first-order chi connectivity index (χ1) is 16.9. The van der Waals surface area contributed by atoms with Gasteiger partial charge in [0.2, 0.25) is 11.8 Å². The maximum Gasteiger partial charge on any atom is 0.474 e. The third kappa shape index (κ3) is 6.13. The molecule has 0 radical (unpaired) electrons. The van der Waals surface area contributed by atoms with Crippen LogP contribution in [0.2, 0.25) is 0 Å². The molecule has 0 spiro atoms. The second-order valence-corrected chi connectivity index (χ2v) is 12.3. The number of anilines is 1. The molecule has 1 aliphatic heterocycles. The van der Waals surface area contributed by atoms with Gasteiger partial charge in [0, 0.05) is 12.9 Å². The Morgan fingerprint density at radius 1 is 1.47 bits per heavy atom. The van der Waals surface area contributed by atoms with E-state index in [-0.39, 0.29) is 42.5 Å². The summed E-state index contributed by atoms with van der Waals surface area (Å²) < 4.78 is 42.2. The number of aliphatic hydroxyl groups is 1. The molecule has 0 aliphatic carbocycles. The Balaban J connectivity index is 1.70. The second-order valence-electron chi connectivity index (χ2n) is 8.72. The number of aliphatic hydroxyl groups excluding tert-OH is 1. The normalized spacial score (nSPS) is 24.2. The van der Waals surface area contributed by atoms with E-state index in [1.54, 1.807) is 25.3 Å². The van der Waals surface area contributed by atoms with Crippen molar-refractivity contribution in [1.29, 1.82) is 0 Å². The average Bonchev–Trinajstić information content (AvgIpc) is 3.36. The first-order valence-corrected chi connectivity index (χ1v) is 13.9. The zero-order chi connectivity index (χ0) is 26.7. The number of hydrogen-bond acceptors (Lipinski definition) is 13. The van der Waals surface area contributed by atoms with Crippen molar-refractivity contribution in [1.82, 2.24) is 19.5 Å². The summed E-state index contributed by atoms with van der Waals surface area (Å²) in [6.45, 7) is 6.68. The van der Waals surface area contributed by atoms with E-state index < -0.39 is 30.4 Å². The minimum atomic E-state index is -4.04. The summed E-state index contributed by atoms with van der Waals surface area (Å²) in [7, 11) is -2.86. The fourth-order valence-electron chi connectivity index (χ4n) is 3.29.